The number of nitrogens with zero attached hydrogens (tertiary/aromatic N) is 3. The van der Waals surface area contributed by atoms with Crippen molar-refractivity contribution < 1.29 is 90.5 Å². The summed E-state index contributed by atoms with van der Waals surface area (Å²) in [7, 11) is 3.50. The second kappa shape index (κ2) is 33.8. The second-order valence-corrected chi connectivity index (χ2v) is 20.8. The fourth-order valence-corrected chi connectivity index (χ4v) is 10.4. The van der Waals surface area contributed by atoms with E-state index in [1.807, 2.05) is 182 Å². The lowest BCUT2D eigenvalue weighted by molar-refractivity contribution is -0.384. The minimum absolute atomic E-state index is 0.00552. The monoisotopic (exact) mass is 1210 g/mol. The molecule has 0 saturated carbocycles. The van der Waals surface area contributed by atoms with Gasteiger partial charge in [-0.15, -0.1) is 0 Å². The van der Waals surface area contributed by atoms with E-state index in [1.165, 1.54) is 7.11 Å². The minimum atomic E-state index is -1.81. The first-order chi connectivity index (χ1) is 43.2. The Morgan fingerprint density at radius 2 is 0.682 bits per heavy atom. The number of benzene rings is 6. The molecule has 0 aromatic heterocycles. The molecule has 6 aromatic rings. The summed E-state index contributed by atoms with van der Waals surface area (Å²) < 4.78 is 97.4. The van der Waals surface area contributed by atoms with Crippen molar-refractivity contribution in [1.29, 1.82) is 0 Å². The van der Waals surface area contributed by atoms with Gasteiger partial charge in [0.1, 0.15) is 54.9 Å². The highest BCUT2D eigenvalue weighted by Gasteiger charge is 2.60. The first-order valence-electron chi connectivity index (χ1n) is 28.9. The molecule has 0 amide bonds. The number of azide groups is 1. The smallest absolute Gasteiger partial charge is 0.337 e. The van der Waals surface area contributed by atoms with E-state index in [0.717, 1.165) is 36.5 Å². The predicted octanol–water partition coefficient (Wildman–Crippen LogP) is 8.04. The van der Waals surface area contributed by atoms with Crippen LogP contribution in [0, 0.1) is 0 Å². The van der Waals surface area contributed by atoms with Gasteiger partial charge in [-0.25, -0.2) is 14.4 Å². The number of methoxy groups -OCH3 is 3. The summed E-state index contributed by atoms with van der Waals surface area (Å²) >= 11 is 0. The Morgan fingerprint density at radius 1 is 0.398 bits per heavy atom. The van der Waals surface area contributed by atoms with Crippen molar-refractivity contribution in [2.75, 3.05) is 34.5 Å². The Hall–Kier alpha value is -7.48. The van der Waals surface area contributed by atoms with Crippen LogP contribution in [0.5, 0.6) is 0 Å². The second-order valence-electron chi connectivity index (χ2n) is 20.8. The lowest BCUT2D eigenvalue weighted by Gasteiger charge is -2.50. The van der Waals surface area contributed by atoms with Gasteiger partial charge in [-0.1, -0.05) is 187 Å². The van der Waals surface area contributed by atoms with Crippen LogP contribution in [0.15, 0.2) is 187 Å². The van der Waals surface area contributed by atoms with Crippen molar-refractivity contribution in [2.24, 2.45) is 5.11 Å². The summed E-state index contributed by atoms with van der Waals surface area (Å²) in [6.07, 6.45) is -22.4. The zero-order chi connectivity index (χ0) is 61.5. The Balaban J connectivity index is 1.16. The molecule has 0 aliphatic carbocycles. The molecular formula is C66H73N3O19. The molecule has 3 heterocycles. The normalized spacial score (nSPS) is 26.9. The zero-order valence-corrected chi connectivity index (χ0v) is 49.0. The number of carbonyl (C=O) groups excluding carboxylic acids is 3. The number of aliphatic hydroxyl groups is 1. The molecule has 15 atom stereocenters. The topological polar surface area (TPSA) is 259 Å². The van der Waals surface area contributed by atoms with Gasteiger partial charge in [0.15, 0.2) is 37.2 Å². The van der Waals surface area contributed by atoms with Gasteiger partial charge in [-0.2, -0.15) is 0 Å². The molecule has 3 aliphatic heterocycles. The van der Waals surface area contributed by atoms with Crippen molar-refractivity contribution in [2.45, 2.75) is 138 Å². The molecule has 6 aromatic carbocycles. The highest BCUT2D eigenvalue weighted by atomic mass is 16.8. The van der Waals surface area contributed by atoms with E-state index in [2.05, 4.69) is 10.0 Å². The summed E-state index contributed by atoms with van der Waals surface area (Å²) in [6.45, 7) is -0.229. The van der Waals surface area contributed by atoms with Crippen molar-refractivity contribution in [3.8, 4) is 0 Å². The fourth-order valence-electron chi connectivity index (χ4n) is 10.4. The molecule has 9 rings (SSSR count). The number of hydrogen-bond acceptors (Lipinski definition) is 20. The summed E-state index contributed by atoms with van der Waals surface area (Å²) in [5.74, 6) is -2.84. The van der Waals surface area contributed by atoms with Gasteiger partial charge in [0.05, 0.1) is 61.0 Å². The first-order valence-corrected chi connectivity index (χ1v) is 28.9. The van der Waals surface area contributed by atoms with Gasteiger partial charge in [-0.3, -0.25) is 0 Å². The Bertz CT molecular complexity index is 3080. The number of aliphatic hydroxyl groups excluding tert-OH is 1. The van der Waals surface area contributed by atoms with Gasteiger partial charge in [0, 0.05) is 18.1 Å². The summed E-state index contributed by atoms with van der Waals surface area (Å²) in [5, 5.41) is 15.8. The summed E-state index contributed by atoms with van der Waals surface area (Å²) in [4.78, 5) is 45.8. The molecule has 3 aliphatic rings. The zero-order valence-electron chi connectivity index (χ0n) is 49.0. The molecule has 0 spiro atoms. The van der Waals surface area contributed by atoms with Crippen LogP contribution in [0.25, 0.3) is 10.4 Å². The highest BCUT2D eigenvalue weighted by molar-refractivity contribution is 5.77. The predicted molar refractivity (Wildman–Crippen MR) is 312 cm³/mol. The summed E-state index contributed by atoms with van der Waals surface area (Å²) in [6, 6.07) is 55.5. The molecule has 3 saturated heterocycles. The van der Waals surface area contributed by atoms with Crippen LogP contribution < -0.4 is 0 Å². The van der Waals surface area contributed by atoms with Crippen LogP contribution in [-0.2, 0) is 125 Å². The van der Waals surface area contributed by atoms with Crippen LogP contribution >= 0.6 is 0 Å². The van der Waals surface area contributed by atoms with Gasteiger partial charge in [0.25, 0.3) is 0 Å². The Labute approximate surface area is 510 Å². The minimum Gasteiger partial charge on any atom is -0.467 e. The standard InChI is InChI=1S/C66H73N3O19/c1-74-61(71)51-49(70)50(78-37-43-23-10-4-11-24-43)58(81-40-46-29-16-7-17-30-46)65(84-51)85-55-53(80-39-45-27-14-6-15-28-45)60(83-42-48-33-20-9-21-34-48)66(88-57(55)63(73)76-3)86-54-52(79-38-44-25-12-5-13-26-44)59(82-41-47-31-18-8-19-32-47)64(77-36-22-35-68-69-67)87-56(54)62(72)75-2/h4-21,23-34,49-60,64-66,70H,22,35-42H2,1-3H3/t49-,50-,51-,52-,53-,54-,55-,56-,57-,58-,59-,60-,64+,65-,66+/m0/s1. The molecule has 1 N–H and O–H groups in total. The lowest BCUT2D eigenvalue weighted by Crippen LogP contribution is -2.69. The maximum absolute atomic E-state index is 14.8. The van der Waals surface area contributed by atoms with Crippen LogP contribution in [-0.4, -0.2) is 150 Å². The summed E-state index contributed by atoms with van der Waals surface area (Å²) in [5.41, 5.74) is 13.5. The van der Waals surface area contributed by atoms with E-state index in [0.29, 0.717) is 11.1 Å². The third-order valence-corrected chi connectivity index (χ3v) is 14.9. The number of rotatable bonds is 30. The maximum Gasteiger partial charge on any atom is 0.337 e. The van der Waals surface area contributed by atoms with Gasteiger partial charge >= 0.3 is 17.9 Å². The number of ether oxygens (including phenoxy) is 15. The Kier molecular flexibility index (Phi) is 24.9. The third kappa shape index (κ3) is 17.6. The van der Waals surface area contributed by atoms with Crippen molar-refractivity contribution in [3.63, 3.8) is 0 Å². The van der Waals surface area contributed by atoms with Crippen LogP contribution in [0.2, 0.25) is 0 Å². The fraction of sp³-hybridized carbons (Fsp3) is 0.409. The molecule has 88 heavy (non-hydrogen) atoms. The van der Waals surface area contributed by atoms with Crippen molar-refractivity contribution >= 4 is 17.9 Å². The molecule has 22 nitrogen and oxygen atoms in total. The molecule has 0 radical (unpaired) electrons. The molecule has 0 bridgehead atoms. The van der Waals surface area contributed by atoms with Crippen molar-refractivity contribution in [3.05, 3.63) is 226 Å². The SMILES string of the molecule is COC(=O)[C@H]1O[C@@H](O[C@H]2[C@H](OCc3ccccc3)[C@H](OCc3ccccc3)[C@H](O[C@H]3[C@H](OCc4ccccc4)[C@H](OCc4ccccc4)[C@H](OCCCN=[N+]=[N-])O[C@@H]3C(=O)OC)O[C@@H]2C(=O)OC)[C@@H](OCc2ccccc2)[C@@H](OCc2ccccc2)[C@@H]1O. The van der Waals surface area contributed by atoms with E-state index in [-0.39, 0.29) is 59.2 Å². The number of hydrogen-bond donors (Lipinski definition) is 1. The van der Waals surface area contributed by atoms with Gasteiger partial charge in [-0.05, 0) is 45.3 Å². The van der Waals surface area contributed by atoms with E-state index in [1.54, 1.807) is 0 Å². The third-order valence-electron chi connectivity index (χ3n) is 14.9. The van der Waals surface area contributed by atoms with Crippen LogP contribution in [0.1, 0.15) is 39.8 Å². The van der Waals surface area contributed by atoms with Crippen LogP contribution in [0.3, 0.4) is 0 Å². The van der Waals surface area contributed by atoms with Gasteiger partial charge < -0.3 is 76.2 Å². The maximum atomic E-state index is 14.8. The lowest BCUT2D eigenvalue weighted by atomic mass is 9.94. The Morgan fingerprint density at radius 3 is 1.02 bits per heavy atom. The van der Waals surface area contributed by atoms with Crippen molar-refractivity contribution in [1.82, 2.24) is 0 Å². The first kappa shape index (κ1) is 65.0. The largest absolute Gasteiger partial charge is 0.467 e. The molecule has 466 valence electrons. The van der Waals surface area contributed by atoms with E-state index < -0.39 is 110 Å². The number of esters is 3. The number of carbonyl (C=O) groups is 3. The van der Waals surface area contributed by atoms with E-state index in [9.17, 15) is 19.5 Å². The molecule has 22 heteroatoms. The van der Waals surface area contributed by atoms with E-state index in [4.69, 9.17) is 76.6 Å². The molecular weight excluding hydrogens is 1140 g/mol. The molecule has 3 fully saturated rings. The van der Waals surface area contributed by atoms with Gasteiger partial charge in [0.2, 0.25) is 0 Å². The quantitative estimate of drug-likeness (QED) is 0.0112. The average Bonchev–Trinajstić information content (AvgIpc) is 0.960. The van der Waals surface area contributed by atoms with Crippen LogP contribution in [0.4, 0.5) is 0 Å². The highest BCUT2D eigenvalue weighted by Crippen LogP contribution is 2.39. The molecule has 0 unspecified atom stereocenters. The average molecular weight is 1210 g/mol. The van der Waals surface area contributed by atoms with E-state index >= 15 is 0 Å².